The lowest BCUT2D eigenvalue weighted by Gasteiger charge is -2.05. The molecule has 0 aliphatic heterocycles. The molecule has 0 radical (unpaired) electrons. The van der Waals surface area contributed by atoms with Gasteiger partial charge < -0.3 is 0 Å². The Labute approximate surface area is 136 Å². The van der Waals surface area contributed by atoms with Gasteiger partial charge in [0.25, 0.3) is 5.91 Å². The summed E-state index contributed by atoms with van der Waals surface area (Å²) in [6.45, 7) is 0. The summed E-state index contributed by atoms with van der Waals surface area (Å²) in [6, 6.07) is 13.4. The fourth-order valence-electron chi connectivity index (χ4n) is 1.90. The molecule has 0 atom stereocenters. The molecular weight excluding hydrogens is 385 g/mol. The van der Waals surface area contributed by atoms with E-state index in [1.54, 1.807) is 0 Å². The van der Waals surface area contributed by atoms with Crippen LogP contribution in [0.4, 0.5) is 0 Å². The van der Waals surface area contributed by atoms with Crippen molar-refractivity contribution in [2.24, 2.45) is 4.99 Å². The first-order chi connectivity index (χ1) is 9.61. The monoisotopic (exact) mass is 395 g/mol. The number of rotatable bonds is 2. The highest BCUT2D eigenvalue weighted by Gasteiger charge is 2.16. The lowest BCUT2D eigenvalue weighted by Crippen LogP contribution is -1.97. The van der Waals surface area contributed by atoms with E-state index in [0.29, 0.717) is 10.6 Å². The Morgan fingerprint density at radius 3 is 2.40 bits per heavy atom. The van der Waals surface area contributed by atoms with Gasteiger partial charge in [0.15, 0.2) is 0 Å². The maximum absolute atomic E-state index is 12.1. The van der Waals surface area contributed by atoms with Crippen molar-refractivity contribution in [1.29, 1.82) is 0 Å². The smallest absolute Gasteiger partial charge is 0.267 e. The molecule has 4 heteroatoms. The van der Waals surface area contributed by atoms with Gasteiger partial charge >= 0.3 is 0 Å². The Morgan fingerprint density at radius 2 is 1.75 bits per heavy atom. The van der Waals surface area contributed by atoms with Crippen LogP contribution in [0.5, 0.6) is 0 Å². The van der Waals surface area contributed by atoms with Gasteiger partial charge in [0.2, 0.25) is 0 Å². The highest BCUT2D eigenvalue weighted by atomic mass is 127. The molecule has 1 aliphatic carbocycles. The van der Waals surface area contributed by atoms with E-state index in [-0.39, 0.29) is 5.91 Å². The summed E-state index contributed by atoms with van der Waals surface area (Å²) < 4.78 is 1.02. The second-order valence-electron chi connectivity index (χ2n) is 4.72. The number of halogens is 2. The quantitative estimate of drug-likeness (QED) is 0.659. The Balaban J connectivity index is 1.99. The summed E-state index contributed by atoms with van der Waals surface area (Å²) in [7, 11) is 0. The molecule has 2 aromatic carbocycles. The average Bonchev–Trinajstić information content (AvgIpc) is 3.22. The van der Waals surface area contributed by atoms with Crippen LogP contribution in [0.2, 0.25) is 5.02 Å². The Kier molecular flexibility index (Phi) is 3.89. The van der Waals surface area contributed by atoms with Crippen LogP contribution >= 0.6 is 34.2 Å². The number of benzene rings is 2. The maximum atomic E-state index is 12.1. The summed E-state index contributed by atoms with van der Waals surface area (Å²) >= 11 is 8.12. The molecule has 0 bridgehead atoms. The van der Waals surface area contributed by atoms with Gasteiger partial charge in [0.1, 0.15) is 0 Å². The molecule has 0 heterocycles. The predicted octanol–water partition coefficient (Wildman–Crippen LogP) is 4.99. The van der Waals surface area contributed by atoms with E-state index in [2.05, 4.69) is 27.6 Å². The minimum Gasteiger partial charge on any atom is -0.267 e. The highest BCUT2D eigenvalue weighted by Crippen LogP contribution is 2.26. The summed E-state index contributed by atoms with van der Waals surface area (Å²) in [5.74, 6) is -0.147. The third-order valence-electron chi connectivity index (χ3n) is 3.06. The molecule has 0 saturated heterocycles. The topological polar surface area (TPSA) is 29.4 Å². The first-order valence-electron chi connectivity index (χ1n) is 6.29. The molecule has 0 N–H and O–H groups in total. The molecule has 0 aromatic heterocycles. The van der Waals surface area contributed by atoms with E-state index in [4.69, 9.17) is 11.6 Å². The van der Waals surface area contributed by atoms with Crippen molar-refractivity contribution < 1.29 is 4.79 Å². The zero-order valence-electron chi connectivity index (χ0n) is 10.6. The van der Waals surface area contributed by atoms with Crippen LogP contribution in [0, 0.1) is 3.57 Å². The van der Waals surface area contributed by atoms with E-state index in [1.807, 2.05) is 42.5 Å². The summed E-state index contributed by atoms with van der Waals surface area (Å²) in [5.41, 5.74) is 3.69. The van der Waals surface area contributed by atoms with Gasteiger partial charge in [-0.2, -0.15) is 0 Å². The number of carbonyl (C=O) groups excluding carboxylic acids is 1. The van der Waals surface area contributed by atoms with E-state index < -0.39 is 0 Å². The first-order valence-corrected chi connectivity index (χ1v) is 7.75. The molecule has 0 unspecified atom stereocenters. The van der Waals surface area contributed by atoms with Crippen LogP contribution in [0.25, 0.3) is 11.1 Å². The van der Waals surface area contributed by atoms with Crippen LogP contribution < -0.4 is 0 Å². The molecule has 0 spiro atoms. The Bertz CT molecular complexity index is 701. The number of hydrogen-bond acceptors (Lipinski definition) is 1. The van der Waals surface area contributed by atoms with Crippen molar-refractivity contribution >= 4 is 45.8 Å². The van der Waals surface area contributed by atoms with Gasteiger partial charge in [-0.25, -0.2) is 4.99 Å². The van der Waals surface area contributed by atoms with Crippen LogP contribution in [-0.2, 0) is 0 Å². The zero-order chi connectivity index (χ0) is 14.1. The Morgan fingerprint density at radius 1 is 1.05 bits per heavy atom. The molecule has 1 aliphatic rings. The molecule has 2 nitrogen and oxygen atoms in total. The van der Waals surface area contributed by atoms with Crippen LogP contribution in [0.3, 0.4) is 0 Å². The summed E-state index contributed by atoms with van der Waals surface area (Å²) in [5, 5.41) is 0.704. The third kappa shape index (κ3) is 3.27. The zero-order valence-corrected chi connectivity index (χ0v) is 13.5. The predicted molar refractivity (Wildman–Crippen MR) is 90.6 cm³/mol. The number of nitrogens with zero attached hydrogens (tertiary/aromatic N) is 1. The largest absolute Gasteiger partial charge is 0.276 e. The van der Waals surface area contributed by atoms with Crippen molar-refractivity contribution in [3.8, 4) is 11.1 Å². The molecule has 1 amide bonds. The maximum Gasteiger partial charge on any atom is 0.276 e. The molecule has 20 heavy (non-hydrogen) atoms. The van der Waals surface area contributed by atoms with Crippen molar-refractivity contribution in [1.82, 2.24) is 0 Å². The van der Waals surface area contributed by atoms with Crippen molar-refractivity contribution in [3.05, 3.63) is 56.6 Å². The minimum absolute atomic E-state index is 0.147. The minimum atomic E-state index is -0.147. The summed E-state index contributed by atoms with van der Waals surface area (Å²) in [4.78, 5) is 16.2. The first kappa shape index (κ1) is 13.8. The molecule has 1 saturated carbocycles. The van der Waals surface area contributed by atoms with Gasteiger partial charge in [-0.3, -0.25) is 4.79 Å². The second kappa shape index (κ2) is 5.66. The molecule has 1 fully saturated rings. The molecular formula is C16H11ClINO. The lowest BCUT2D eigenvalue weighted by atomic mass is 10.0. The van der Waals surface area contributed by atoms with E-state index in [9.17, 15) is 4.79 Å². The number of aliphatic imine (C=N–C) groups is 1. The van der Waals surface area contributed by atoms with Gasteiger partial charge in [-0.05, 0) is 76.9 Å². The number of amides is 1. The standard InChI is InChI=1S/C16H11ClINO/c17-13-3-1-10(2-4-13)11-7-12(9-14(18)8-11)16(20)19-15-5-6-15/h1-4,7-9H,5-6H2. The lowest BCUT2D eigenvalue weighted by molar-refractivity contribution is 0.100. The molecule has 2 aromatic rings. The highest BCUT2D eigenvalue weighted by molar-refractivity contribution is 14.1. The van der Waals surface area contributed by atoms with E-state index in [0.717, 1.165) is 33.3 Å². The van der Waals surface area contributed by atoms with E-state index in [1.165, 1.54) is 0 Å². The van der Waals surface area contributed by atoms with Crippen molar-refractivity contribution in [2.45, 2.75) is 12.8 Å². The van der Waals surface area contributed by atoms with Crippen molar-refractivity contribution in [2.75, 3.05) is 0 Å². The van der Waals surface area contributed by atoms with Crippen LogP contribution in [0.1, 0.15) is 23.2 Å². The number of hydrogen-bond donors (Lipinski definition) is 0. The third-order valence-corrected chi connectivity index (χ3v) is 3.93. The van der Waals surface area contributed by atoms with Crippen LogP contribution in [0.15, 0.2) is 47.5 Å². The normalized spacial score (nSPS) is 13.2. The van der Waals surface area contributed by atoms with Gasteiger partial charge in [0.05, 0.1) is 0 Å². The fourth-order valence-corrected chi connectivity index (χ4v) is 2.69. The fraction of sp³-hybridized carbons (Fsp3) is 0.125. The Hall–Kier alpha value is -1.20. The van der Waals surface area contributed by atoms with Crippen molar-refractivity contribution in [3.63, 3.8) is 0 Å². The van der Waals surface area contributed by atoms with Gasteiger partial charge in [-0.1, -0.05) is 23.7 Å². The SMILES string of the molecule is O=C(N=C1CC1)c1cc(I)cc(-c2ccc(Cl)cc2)c1. The second-order valence-corrected chi connectivity index (χ2v) is 6.40. The van der Waals surface area contributed by atoms with Gasteiger partial charge in [-0.15, -0.1) is 0 Å². The van der Waals surface area contributed by atoms with Gasteiger partial charge in [0, 0.05) is 19.9 Å². The number of carbonyl (C=O) groups is 1. The van der Waals surface area contributed by atoms with E-state index >= 15 is 0 Å². The average molecular weight is 396 g/mol. The molecule has 100 valence electrons. The van der Waals surface area contributed by atoms with Crippen LogP contribution in [-0.4, -0.2) is 11.6 Å². The summed E-state index contributed by atoms with van der Waals surface area (Å²) in [6.07, 6.45) is 1.92. The molecule has 3 rings (SSSR count).